The fourth-order valence-electron chi connectivity index (χ4n) is 2.09. The van der Waals surface area contributed by atoms with Crippen LogP contribution in [0.4, 0.5) is 9.59 Å². The van der Waals surface area contributed by atoms with Gasteiger partial charge in [-0.15, -0.1) is 0 Å². The van der Waals surface area contributed by atoms with Crippen LogP contribution in [0, 0.1) is 0 Å². The van der Waals surface area contributed by atoms with Crippen molar-refractivity contribution in [1.82, 2.24) is 10.2 Å². The molecule has 0 bridgehead atoms. The molecule has 0 saturated carbocycles. The van der Waals surface area contributed by atoms with Crippen molar-refractivity contribution in [3.05, 3.63) is 0 Å². The molecule has 6 heteroatoms. The van der Waals surface area contributed by atoms with E-state index in [4.69, 9.17) is 9.47 Å². The summed E-state index contributed by atoms with van der Waals surface area (Å²) in [6, 6.07) is -0.0197. The Morgan fingerprint density at radius 1 is 1.32 bits per heavy atom. The number of piperidine rings is 1. The number of methoxy groups -OCH3 is 1. The van der Waals surface area contributed by atoms with E-state index in [1.54, 1.807) is 4.90 Å². The Balaban J connectivity index is 2.45. The summed E-state index contributed by atoms with van der Waals surface area (Å²) in [5.74, 6) is 0. The first-order valence-corrected chi connectivity index (χ1v) is 6.65. The van der Waals surface area contributed by atoms with Crippen LogP contribution >= 0.6 is 0 Å². The van der Waals surface area contributed by atoms with E-state index in [2.05, 4.69) is 5.32 Å². The summed E-state index contributed by atoms with van der Waals surface area (Å²) in [7, 11) is 1.37. The zero-order valence-electron chi connectivity index (χ0n) is 12.2. The van der Waals surface area contributed by atoms with Gasteiger partial charge in [0.1, 0.15) is 5.60 Å². The van der Waals surface area contributed by atoms with Crippen LogP contribution in [-0.2, 0) is 9.47 Å². The normalized spacial score (nSPS) is 19.8. The maximum atomic E-state index is 11.6. The molecular weight excluding hydrogens is 248 g/mol. The minimum Gasteiger partial charge on any atom is -0.453 e. The van der Waals surface area contributed by atoms with Crippen LogP contribution in [0.5, 0.6) is 0 Å². The van der Waals surface area contributed by atoms with Crippen molar-refractivity contribution in [2.75, 3.05) is 20.2 Å². The highest BCUT2D eigenvalue weighted by molar-refractivity contribution is 5.69. The average Bonchev–Trinajstić information content (AvgIpc) is 2.33. The summed E-state index contributed by atoms with van der Waals surface area (Å²) in [6.07, 6.45) is 2.09. The van der Waals surface area contributed by atoms with Crippen molar-refractivity contribution in [2.24, 2.45) is 0 Å². The smallest absolute Gasteiger partial charge is 0.409 e. The lowest BCUT2D eigenvalue weighted by atomic mass is 10.0. The van der Waals surface area contributed by atoms with E-state index in [0.717, 1.165) is 19.3 Å². The van der Waals surface area contributed by atoms with Gasteiger partial charge in [-0.05, 0) is 40.0 Å². The van der Waals surface area contributed by atoms with Gasteiger partial charge in [0.25, 0.3) is 0 Å². The van der Waals surface area contributed by atoms with E-state index in [9.17, 15) is 9.59 Å². The lowest BCUT2D eigenvalue weighted by Gasteiger charge is -2.34. The van der Waals surface area contributed by atoms with Gasteiger partial charge in [-0.2, -0.15) is 0 Å². The Morgan fingerprint density at radius 3 is 2.58 bits per heavy atom. The highest BCUT2D eigenvalue weighted by Crippen LogP contribution is 2.17. The van der Waals surface area contributed by atoms with Crippen LogP contribution in [0.2, 0.25) is 0 Å². The maximum Gasteiger partial charge on any atom is 0.409 e. The lowest BCUT2D eigenvalue weighted by Crippen LogP contribution is -2.49. The van der Waals surface area contributed by atoms with Crippen LogP contribution < -0.4 is 5.32 Å². The van der Waals surface area contributed by atoms with E-state index in [1.165, 1.54) is 7.11 Å². The van der Waals surface area contributed by atoms with Gasteiger partial charge in [-0.1, -0.05) is 0 Å². The molecule has 1 rings (SSSR count). The SMILES string of the molecule is COC(=O)N1CCCCC1CNC(=O)OC(C)(C)C. The quantitative estimate of drug-likeness (QED) is 0.836. The number of carbonyl (C=O) groups is 2. The highest BCUT2D eigenvalue weighted by atomic mass is 16.6. The monoisotopic (exact) mass is 272 g/mol. The fourth-order valence-corrected chi connectivity index (χ4v) is 2.09. The number of ether oxygens (including phenoxy) is 2. The highest BCUT2D eigenvalue weighted by Gasteiger charge is 2.28. The average molecular weight is 272 g/mol. The topological polar surface area (TPSA) is 67.9 Å². The largest absolute Gasteiger partial charge is 0.453 e. The van der Waals surface area contributed by atoms with Gasteiger partial charge >= 0.3 is 12.2 Å². The molecule has 110 valence electrons. The third-order valence-electron chi connectivity index (χ3n) is 2.92. The Labute approximate surface area is 114 Å². The number of amides is 2. The first kappa shape index (κ1) is 15.6. The minimum absolute atomic E-state index is 0.0197. The Morgan fingerprint density at radius 2 is 2.00 bits per heavy atom. The van der Waals surface area contributed by atoms with Crippen LogP contribution in [-0.4, -0.2) is 48.9 Å². The zero-order valence-corrected chi connectivity index (χ0v) is 12.2. The molecule has 2 amide bonds. The molecule has 0 aliphatic carbocycles. The Bertz CT molecular complexity index is 325. The summed E-state index contributed by atoms with van der Waals surface area (Å²) < 4.78 is 9.92. The van der Waals surface area contributed by atoms with Crippen LogP contribution in [0.25, 0.3) is 0 Å². The molecule has 1 N–H and O–H groups in total. The molecule has 1 fully saturated rings. The number of nitrogens with zero attached hydrogens (tertiary/aromatic N) is 1. The number of hydrogen-bond acceptors (Lipinski definition) is 4. The predicted molar refractivity (Wildman–Crippen MR) is 71.0 cm³/mol. The minimum atomic E-state index is -0.515. The molecule has 1 saturated heterocycles. The van der Waals surface area contributed by atoms with Crippen molar-refractivity contribution in [1.29, 1.82) is 0 Å². The van der Waals surface area contributed by atoms with Crippen molar-refractivity contribution in [3.63, 3.8) is 0 Å². The number of rotatable bonds is 2. The molecule has 0 radical (unpaired) electrons. The van der Waals surface area contributed by atoms with E-state index in [0.29, 0.717) is 13.1 Å². The third kappa shape index (κ3) is 5.36. The molecule has 1 aliphatic rings. The molecule has 1 unspecified atom stereocenters. The number of carbonyl (C=O) groups excluding carboxylic acids is 2. The van der Waals surface area contributed by atoms with Gasteiger partial charge in [0.2, 0.25) is 0 Å². The summed E-state index contributed by atoms with van der Waals surface area (Å²) >= 11 is 0. The van der Waals surface area contributed by atoms with Gasteiger partial charge < -0.3 is 19.7 Å². The summed E-state index contributed by atoms with van der Waals surface area (Å²) in [5.41, 5.74) is -0.515. The zero-order chi connectivity index (χ0) is 14.5. The summed E-state index contributed by atoms with van der Waals surface area (Å²) in [5, 5.41) is 2.71. The lowest BCUT2D eigenvalue weighted by molar-refractivity contribution is 0.0483. The van der Waals surface area contributed by atoms with E-state index >= 15 is 0 Å². The first-order valence-electron chi connectivity index (χ1n) is 6.65. The van der Waals surface area contributed by atoms with Crippen molar-refractivity contribution >= 4 is 12.2 Å². The van der Waals surface area contributed by atoms with Gasteiger partial charge in [0.15, 0.2) is 0 Å². The molecule has 0 aromatic rings. The summed E-state index contributed by atoms with van der Waals surface area (Å²) in [6.45, 7) is 6.51. The van der Waals surface area contributed by atoms with E-state index in [-0.39, 0.29) is 12.1 Å². The van der Waals surface area contributed by atoms with Gasteiger partial charge in [-0.25, -0.2) is 9.59 Å². The molecule has 19 heavy (non-hydrogen) atoms. The van der Waals surface area contributed by atoms with Gasteiger partial charge in [0, 0.05) is 13.1 Å². The van der Waals surface area contributed by atoms with E-state index in [1.807, 2.05) is 20.8 Å². The molecule has 1 atom stereocenters. The van der Waals surface area contributed by atoms with Crippen molar-refractivity contribution in [2.45, 2.75) is 51.7 Å². The Hall–Kier alpha value is -1.46. The predicted octanol–water partition coefficient (Wildman–Crippen LogP) is 2.13. The second-order valence-electron chi connectivity index (χ2n) is 5.70. The van der Waals surface area contributed by atoms with E-state index < -0.39 is 11.7 Å². The fraction of sp³-hybridized carbons (Fsp3) is 0.846. The Kier molecular flexibility index (Phi) is 5.44. The van der Waals surface area contributed by atoms with Gasteiger partial charge in [-0.3, -0.25) is 0 Å². The molecular formula is C13H24N2O4. The van der Waals surface area contributed by atoms with Crippen LogP contribution in [0.1, 0.15) is 40.0 Å². The number of hydrogen-bond donors (Lipinski definition) is 1. The standard InChI is InChI=1S/C13H24N2O4/c1-13(2,3)19-11(16)14-9-10-7-5-6-8-15(10)12(17)18-4/h10H,5-9H2,1-4H3,(H,14,16). The van der Waals surface area contributed by atoms with Crippen LogP contribution in [0.15, 0.2) is 0 Å². The first-order chi connectivity index (χ1) is 8.83. The van der Waals surface area contributed by atoms with Crippen LogP contribution in [0.3, 0.4) is 0 Å². The summed E-state index contributed by atoms with van der Waals surface area (Å²) in [4.78, 5) is 24.9. The third-order valence-corrected chi connectivity index (χ3v) is 2.92. The number of likely N-dealkylation sites (tertiary alicyclic amines) is 1. The molecule has 1 aliphatic heterocycles. The molecule has 0 spiro atoms. The van der Waals surface area contributed by atoms with Crippen molar-refractivity contribution in [3.8, 4) is 0 Å². The number of alkyl carbamates (subject to hydrolysis) is 1. The maximum absolute atomic E-state index is 11.6. The second kappa shape index (κ2) is 6.63. The van der Waals surface area contributed by atoms with Gasteiger partial charge in [0.05, 0.1) is 13.2 Å². The molecule has 6 nitrogen and oxygen atoms in total. The molecule has 1 heterocycles. The van der Waals surface area contributed by atoms with Crippen molar-refractivity contribution < 1.29 is 19.1 Å². The number of nitrogens with one attached hydrogen (secondary N) is 1. The molecule has 0 aromatic heterocycles. The second-order valence-corrected chi connectivity index (χ2v) is 5.70. The molecule has 0 aromatic carbocycles.